The molecule has 0 aliphatic carbocycles. The third kappa shape index (κ3) is 6.45. The van der Waals surface area contributed by atoms with Gasteiger partial charge in [-0.25, -0.2) is 4.98 Å². The molecule has 2 heterocycles. The summed E-state index contributed by atoms with van der Waals surface area (Å²) in [5, 5.41) is 7.61. The standard InChI is InChI=1S/C17H18ClF3N4O3/c1-10(16(27)24-9-12-3-2-6-28-12)25-14(26)4-5-22-15-13(18)7-11(8-23-15)17(19,20)21/h2-3,6-8,10H,4-5,9H2,1H3,(H,22,23)(H,24,27)(H,25,26). The van der Waals surface area contributed by atoms with Gasteiger partial charge in [0.25, 0.3) is 0 Å². The van der Waals surface area contributed by atoms with Crippen LogP contribution in [0.25, 0.3) is 0 Å². The summed E-state index contributed by atoms with van der Waals surface area (Å²) >= 11 is 5.77. The molecule has 0 aliphatic rings. The topological polar surface area (TPSA) is 96.3 Å². The second-order valence-electron chi connectivity index (χ2n) is 5.82. The van der Waals surface area contributed by atoms with Crippen LogP contribution in [0, 0.1) is 0 Å². The van der Waals surface area contributed by atoms with Crippen LogP contribution in [-0.4, -0.2) is 29.4 Å². The van der Waals surface area contributed by atoms with Crippen molar-refractivity contribution < 1.29 is 27.2 Å². The van der Waals surface area contributed by atoms with Crippen molar-refractivity contribution in [2.45, 2.75) is 32.1 Å². The maximum atomic E-state index is 12.6. The maximum Gasteiger partial charge on any atom is 0.417 e. The Morgan fingerprint density at radius 3 is 2.71 bits per heavy atom. The van der Waals surface area contributed by atoms with Crippen molar-refractivity contribution in [3.05, 3.63) is 47.0 Å². The molecule has 28 heavy (non-hydrogen) atoms. The number of carbonyl (C=O) groups is 2. The number of halogens is 4. The molecule has 3 N–H and O–H groups in total. The number of amides is 2. The van der Waals surface area contributed by atoms with E-state index in [1.807, 2.05) is 0 Å². The molecule has 2 rings (SSSR count). The lowest BCUT2D eigenvalue weighted by Gasteiger charge is -2.14. The number of nitrogens with zero attached hydrogens (tertiary/aromatic N) is 1. The van der Waals surface area contributed by atoms with E-state index in [0.717, 1.165) is 6.07 Å². The molecule has 152 valence electrons. The molecule has 0 radical (unpaired) electrons. The van der Waals surface area contributed by atoms with E-state index in [-0.39, 0.29) is 36.3 Å². The van der Waals surface area contributed by atoms with E-state index in [9.17, 15) is 22.8 Å². The van der Waals surface area contributed by atoms with Gasteiger partial charge in [-0.1, -0.05) is 11.6 Å². The fourth-order valence-electron chi connectivity index (χ4n) is 2.14. The predicted molar refractivity (Wildman–Crippen MR) is 95.5 cm³/mol. The van der Waals surface area contributed by atoms with Crippen LogP contribution < -0.4 is 16.0 Å². The minimum absolute atomic E-state index is 0.0329. The number of aromatic nitrogens is 1. The van der Waals surface area contributed by atoms with E-state index in [1.54, 1.807) is 12.1 Å². The predicted octanol–water partition coefficient (Wildman–Crippen LogP) is 2.97. The van der Waals surface area contributed by atoms with Crippen LogP contribution in [0.3, 0.4) is 0 Å². The van der Waals surface area contributed by atoms with Gasteiger partial charge in [0.1, 0.15) is 17.6 Å². The Morgan fingerprint density at radius 2 is 2.11 bits per heavy atom. The highest BCUT2D eigenvalue weighted by Gasteiger charge is 2.31. The normalized spacial score (nSPS) is 12.3. The van der Waals surface area contributed by atoms with Crippen LogP contribution in [0.15, 0.2) is 35.1 Å². The van der Waals surface area contributed by atoms with Gasteiger partial charge in [-0.15, -0.1) is 0 Å². The third-order valence-electron chi connectivity index (χ3n) is 3.60. The number of carbonyl (C=O) groups excluding carboxylic acids is 2. The summed E-state index contributed by atoms with van der Waals surface area (Å²) in [6.45, 7) is 1.80. The molecule has 2 aromatic rings. The number of nitrogens with one attached hydrogen (secondary N) is 3. The van der Waals surface area contributed by atoms with E-state index in [0.29, 0.717) is 12.0 Å². The molecule has 1 atom stereocenters. The smallest absolute Gasteiger partial charge is 0.417 e. The fraction of sp³-hybridized carbons (Fsp3) is 0.353. The molecule has 1 unspecified atom stereocenters. The molecule has 0 aromatic carbocycles. The van der Waals surface area contributed by atoms with Crippen molar-refractivity contribution in [1.29, 1.82) is 0 Å². The van der Waals surface area contributed by atoms with Crippen LogP contribution in [0.4, 0.5) is 19.0 Å². The van der Waals surface area contributed by atoms with Gasteiger partial charge in [0.05, 0.1) is 23.4 Å². The average molecular weight is 419 g/mol. The first-order chi connectivity index (χ1) is 13.2. The first-order valence-corrected chi connectivity index (χ1v) is 8.60. The highest BCUT2D eigenvalue weighted by molar-refractivity contribution is 6.32. The molecule has 7 nitrogen and oxygen atoms in total. The first kappa shape index (κ1) is 21.5. The molecule has 2 amide bonds. The number of pyridine rings is 1. The van der Waals surface area contributed by atoms with Crippen LogP contribution in [-0.2, 0) is 22.3 Å². The van der Waals surface area contributed by atoms with Crippen molar-refractivity contribution >= 4 is 29.2 Å². The van der Waals surface area contributed by atoms with Crippen LogP contribution in [0.2, 0.25) is 5.02 Å². The lowest BCUT2D eigenvalue weighted by Crippen LogP contribution is -2.44. The Balaban J connectivity index is 1.74. The summed E-state index contributed by atoms with van der Waals surface area (Å²) in [6, 6.07) is 3.38. The number of furan rings is 1. The lowest BCUT2D eigenvalue weighted by molar-refractivity contribution is -0.137. The summed E-state index contributed by atoms with van der Waals surface area (Å²) in [7, 11) is 0. The van der Waals surface area contributed by atoms with Crippen LogP contribution in [0.1, 0.15) is 24.7 Å². The summed E-state index contributed by atoms with van der Waals surface area (Å²) in [5.41, 5.74) is -0.963. The Hall–Kier alpha value is -2.75. The van der Waals surface area contributed by atoms with E-state index in [4.69, 9.17) is 16.0 Å². The zero-order valence-electron chi connectivity index (χ0n) is 14.8. The zero-order chi connectivity index (χ0) is 20.7. The van der Waals surface area contributed by atoms with Crippen molar-refractivity contribution in [2.24, 2.45) is 0 Å². The Morgan fingerprint density at radius 1 is 1.36 bits per heavy atom. The van der Waals surface area contributed by atoms with Gasteiger partial charge in [-0.2, -0.15) is 13.2 Å². The molecular weight excluding hydrogens is 401 g/mol. The molecule has 0 saturated carbocycles. The summed E-state index contributed by atoms with van der Waals surface area (Å²) in [6.07, 6.45) is -2.44. The van der Waals surface area contributed by atoms with Crippen molar-refractivity contribution in [1.82, 2.24) is 15.6 Å². The van der Waals surface area contributed by atoms with Gasteiger partial charge in [-0.05, 0) is 25.1 Å². The minimum atomic E-state index is -4.54. The van der Waals surface area contributed by atoms with E-state index >= 15 is 0 Å². The molecule has 2 aromatic heterocycles. The maximum absolute atomic E-state index is 12.6. The van der Waals surface area contributed by atoms with Crippen molar-refractivity contribution in [3.8, 4) is 0 Å². The van der Waals surface area contributed by atoms with E-state index in [2.05, 4.69) is 20.9 Å². The van der Waals surface area contributed by atoms with Gasteiger partial charge in [-0.3, -0.25) is 9.59 Å². The average Bonchev–Trinajstić information content (AvgIpc) is 3.13. The highest BCUT2D eigenvalue weighted by Crippen LogP contribution is 2.32. The third-order valence-corrected chi connectivity index (χ3v) is 3.89. The second-order valence-corrected chi connectivity index (χ2v) is 6.22. The van der Waals surface area contributed by atoms with Crippen LogP contribution >= 0.6 is 11.6 Å². The van der Waals surface area contributed by atoms with Crippen molar-refractivity contribution in [3.63, 3.8) is 0 Å². The number of hydrogen-bond donors (Lipinski definition) is 3. The number of rotatable bonds is 8. The molecule has 0 bridgehead atoms. The quantitative estimate of drug-likeness (QED) is 0.612. The largest absolute Gasteiger partial charge is 0.467 e. The molecule has 0 aliphatic heterocycles. The second kappa shape index (κ2) is 9.45. The van der Waals surface area contributed by atoms with Gasteiger partial charge >= 0.3 is 6.18 Å². The van der Waals surface area contributed by atoms with Crippen molar-refractivity contribution in [2.75, 3.05) is 11.9 Å². The number of anilines is 1. The zero-order valence-corrected chi connectivity index (χ0v) is 15.5. The van der Waals surface area contributed by atoms with Gasteiger partial charge in [0, 0.05) is 19.2 Å². The summed E-state index contributed by atoms with van der Waals surface area (Å²) in [4.78, 5) is 27.4. The highest BCUT2D eigenvalue weighted by atomic mass is 35.5. The SMILES string of the molecule is CC(NC(=O)CCNc1ncc(C(F)(F)F)cc1Cl)C(=O)NCc1ccco1. The summed E-state index contributed by atoms with van der Waals surface area (Å²) in [5.74, 6) is -0.190. The molecule has 0 saturated heterocycles. The van der Waals surface area contributed by atoms with Gasteiger partial charge in [0.15, 0.2) is 0 Å². The van der Waals surface area contributed by atoms with Gasteiger partial charge in [0.2, 0.25) is 11.8 Å². The number of hydrogen-bond acceptors (Lipinski definition) is 5. The first-order valence-electron chi connectivity index (χ1n) is 8.23. The monoisotopic (exact) mass is 418 g/mol. The Kier molecular flexibility index (Phi) is 7.27. The molecule has 11 heteroatoms. The molecule has 0 spiro atoms. The summed E-state index contributed by atoms with van der Waals surface area (Å²) < 4.78 is 42.8. The Labute approximate surface area is 163 Å². The van der Waals surface area contributed by atoms with Crippen LogP contribution in [0.5, 0.6) is 0 Å². The Bertz CT molecular complexity index is 812. The molecular formula is C17H18ClF3N4O3. The van der Waals surface area contributed by atoms with E-state index < -0.39 is 23.7 Å². The number of alkyl halides is 3. The minimum Gasteiger partial charge on any atom is -0.467 e. The fourth-order valence-corrected chi connectivity index (χ4v) is 2.37. The van der Waals surface area contributed by atoms with E-state index in [1.165, 1.54) is 13.2 Å². The van der Waals surface area contributed by atoms with Gasteiger partial charge < -0.3 is 20.4 Å². The lowest BCUT2D eigenvalue weighted by atomic mass is 10.2. The molecule has 0 fully saturated rings.